The Hall–Kier alpha value is -2.96. The number of hydrogen-bond donors (Lipinski definition) is 1. The largest absolute Gasteiger partial charge is 0.323 e. The molecule has 0 fully saturated rings. The van der Waals surface area contributed by atoms with E-state index in [1.54, 1.807) is 10.7 Å². The van der Waals surface area contributed by atoms with Gasteiger partial charge in [-0.2, -0.15) is 9.78 Å². The fourth-order valence-corrected chi connectivity index (χ4v) is 4.35. The maximum atomic E-state index is 6.32. The van der Waals surface area contributed by atoms with Crippen molar-refractivity contribution in [3.05, 3.63) is 75.5 Å². The number of nitrogens with one attached hydrogen (secondary N) is 1. The zero-order chi connectivity index (χ0) is 21.4. The van der Waals surface area contributed by atoms with Gasteiger partial charge in [0.05, 0.1) is 21.4 Å². The molecule has 0 unspecified atom stereocenters. The van der Waals surface area contributed by atoms with Crippen molar-refractivity contribution in [3.63, 3.8) is 0 Å². The number of aryl methyl sites for hydroxylation is 3. The van der Waals surface area contributed by atoms with Gasteiger partial charge in [-0.05, 0) is 68.0 Å². The maximum Gasteiger partial charge on any atom is 0.174 e. The summed E-state index contributed by atoms with van der Waals surface area (Å²) in [5.41, 5.74) is 5.65. The normalized spacial score (nSPS) is 13.1. The standard InChI is InChI=1S/C23H20Cl2N6/c1-14-10-22(31(30-14)23-19(25)12-18(24)13-26-23)27-21-9-8-20(28-29-21)17-7-6-15-4-2-3-5-16(15)11-17/h6-13H,2-5H2,1H3,(H,27,29). The summed E-state index contributed by atoms with van der Waals surface area (Å²) < 4.78 is 1.63. The zero-order valence-electron chi connectivity index (χ0n) is 16.9. The molecule has 0 bridgehead atoms. The highest BCUT2D eigenvalue weighted by Crippen LogP contribution is 2.28. The molecule has 0 saturated heterocycles. The summed E-state index contributed by atoms with van der Waals surface area (Å²) in [6.45, 7) is 1.90. The highest BCUT2D eigenvalue weighted by atomic mass is 35.5. The van der Waals surface area contributed by atoms with Crippen LogP contribution in [0.4, 0.5) is 11.6 Å². The summed E-state index contributed by atoms with van der Waals surface area (Å²) >= 11 is 12.3. The van der Waals surface area contributed by atoms with E-state index in [1.807, 2.05) is 25.1 Å². The third kappa shape index (κ3) is 4.13. The fourth-order valence-electron chi connectivity index (χ4n) is 3.89. The van der Waals surface area contributed by atoms with Crippen LogP contribution in [-0.4, -0.2) is 25.0 Å². The third-order valence-corrected chi connectivity index (χ3v) is 5.87. The van der Waals surface area contributed by atoms with Gasteiger partial charge in [-0.1, -0.05) is 35.3 Å². The Morgan fingerprint density at radius 2 is 1.77 bits per heavy atom. The molecule has 3 aromatic heterocycles. The van der Waals surface area contributed by atoms with Gasteiger partial charge in [0.25, 0.3) is 0 Å². The molecule has 0 spiro atoms. The Kier molecular flexibility index (Phi) is 5.34. The van der Waals surface area contributed by atoms with Crippen LogP contribution in [0.25, 0.3) is 17.1 Å². The van der Waals surface area contributed by atoms with Crippen LogP contribution in [0.2, 0.25) is 10.0 Å². The number of fused-ring (bicyclic) bond motifs is 1. The molecule has 6 nitrogen and oxygen atoms in total. The maximum absolute atomic E-state index is 6.32. The van der Waals surface area contributed by atoms with E-state index < -0.39 is 0 Å². The lowest BCUT2D eigenvalue weighted by atomic mass is 9.90. The number of rotatable bonds is 4. The van der Waals surface area contributed by atoms with Crippen molar-refractivity contribution in [2.45, 2.75) is 32.6 Å². The number of aromatic nitrogens is 5. The number of hydrogen-bond acceptors (Lipinski definition) is 5. The van der Waals surface area contributed by atoms with Crippen LogP contribution in [0.1, 0.15) is 29.7 Å². The van der Waals surface area contributed by atoms with Gasteiger partial charge in [0, 0.05) is 17.8 Å². The minimum absolute atomic E-state index is 0.410. The topological polar surface area (TPSA) is 68.5 Å². The summed E-state index contributed by atoms with van der Waals surface area (Å²) in [7, 11) is 0. The Morgan fingerprint density at radius 3 is 2.55 bits per heavy atom. The van der Waals surface area contributed by atoms with Crippen LogP contribution < -0.4 is 5.32 Å². The second-order valence-electron chi connectivity index (χ2n) is 7.66. The summed E-state index contributed by atoms with van der Waals surface area (Å²) in [6, 6.07) is 14.0. The average Bonchev–Trinajstić information content (AvgIpc) is 3.13. The summed E-state index contributed by atoms with van der Waals surface area (Å²) in [5.74, 6) is 1.78. The molecule has 0 amide bonds. The lowest BCUT2D eigenvalue weighted by Gasteiger charge is -2.16. The van der Waals surface area contributed by atoms with Crippen molar-refractivity contribution in [2.24, 2.45) is 0 Å². The zero-order valence-corrected chi connectivity index (χ0v) is 18.5. The molecule has 1 aliphatic carbocycles. The van der Waals surface area contributed by atoms with Crippen LogP contribution in [0, 0.1) is 6.92 Å². The van der Waals surface area contributed by atoms with Gasteiger partial charge < -0.3 is 5.32 Å². The molecule has 1 aliphatic rings. The van der Waals surface area contributed by atoms with Crippen molar-refractivity contribution in [3.8, 4) is 17.1 Å². The number of pyridine rings is 1. The number of benzene rings is 1. The molecule has 1 N–H and O–H groups in total. The highest BCUT2D eigenvalue weighted by molar-refractivity contribution is 6.35. The summed E-state index contributed by atoms with van der Waals surface area (Å²) in [5, 5.41) is 17.4. The second-order valence-corrected chi connectivity index (χ2v) is 8.50. The molecule has 1 aromatic carbocycles. The number of nitrogens with zero attached hydrogens (tertiary/aromatic N) is 5. The highest BCUT2D eigenvalue weighted by Gasteiger charge is 2.14. The van der Waals surface area contributed by atoms with Crippen LogP contribution in [0.15, 0.2) is 48.7 Å². The molecule has 8 heteroatoms. The lowest BCUT2D eigenvalue weighted by Crippen LogP contribution is -2.06. The van der Waals surface area contributed by atoms with Gasteiger partial charge in [0.1, 0.15) is 5.82 Å². The molecule has 4 aromatic rings. The van der Waals surface area contributed by atoms with Crippen molar-refractivity contribution in [1.82, 2.24) is 25.0 Å². The van der Waals surface area contributed by atoms with E-state index in [9.17, 15) is 0 Å². The van der Waals surface area contributed by atoms with Crippen molar-refractivity contribution in [2.75, 3.05) is 5.32 Å². The molecule has 5 rings (SSSR count). The molecular weight excluding hydrogens is 431 g/mol. The van der Waals surface area contributed by atoms with Gasteiger partial charge in [-0.15, -0.1) is 10.2 Å². The molecule has 0 saturated carbocycles. The minimum Gasteiger partial charge on any atom is -0.323 e. The Labute approximate surface area is 190 Å². The van der Waals surface area contributed by atoms with E-state index >= 15 is 0 Å². The van der Waals surface area contributed by atoms with Gasteiger partial charge in [0.2, 0.25) is 0 Å². The van der Waals surface area contributed by atoms with E-state index in [1.165, 1.54) is 36.6 Å². The van der Waals surface area contributed by atoms with E-state index in [0.29, 0.717) is 27.5 Å². The van der Waals surface area contributed by atoms with Gasteiger partial charge in [-0.3, -0.25) is 0 Å². The first-order chi connectivity index (χ1) is 15.1. The van der Waals surface area contributed by atoms with Gasteiger partial charge in [-0.25, -0.2) is 4.98 Å². The van der Waals surface area contributed by atoms with Gasteiger partial charge in [0.15, 0.2) is 11.6 Å². The molecule has 3 heterocycles. The molecule has 31 heavy (non-hydrogen) atoms. The quantitative estimate of drug-likeness (QED) is 0.415. The SMILES string of the molecule is Cc1cc(Nc2ccc(-c3ccc4c(c3)CCCC4)nn2)n(-c2ncc(Cl)cc2Cl)n1. The Bertz CT molecular complexity index is 1250. The minimum atomic E-state index is 0.410. The molecule has 156 valence electrons. The predicted octanol–water partition coefficient (Wildman–Crippen LogP) is 5.96. The second kappa shape index (κ2) is 8.29. The first-order valence-corrected chi connectivity index (χ1v) is 10.9. The van der Waals surface area contributed by atoms with Gasteiger partial charge >= 0.3 is 0 Å². The van der Waals surface area contributed by atoms with E-state index in [4.69, 9.17) is 23.2 Å². The average molecular weight is 451 g/mol. The summed E-state index contributed by atoms with van der Waals surface area (Å²) in [4.78, 5) is 4.31. The van der Waals surface area contributed by atoms with Crippen LogP contribution >= 0.6 is 23.2 Å². The fraction of sp³-hybridized carbons (Fsp3) is 0.217. The van der Waals surface area contributed by atoms with Crippen LogP contribution in [0.5, 0.6) is 0 Å². The number of halogens is 2. The van der Waals surface area contributed by atoms with Crippen molar-refractivity contribution >= 4 is 34.8 Å². The molecule has 0 aliphatic heterocycles. The summed E-state index contributed by atoms with van der Waals surface area (Å²) in [6.07, 6.45) is 6.38. The predicted molar refractivity (Wildman–Crippen MR) is 124 cm³/mol. The first kappa shape index (κ1) is 20.0. The third-order valence-electron chi connectivity index (χ3n) is 5.39. The Balaban J connectivity index is 1.41. The van der Waals surface area contributed by atoms with E-state index in [2.05, 4.69) is 43.8 Å². The Morgan fingerprint density at radius 1 is 0.935 bits per heavy atom. The van der Waals surface area contributed by atoms with E-state index in [0.717, 1.165) is 23.4 Å². The molecule has 0 atom stereocenters. The lowest BCUT2D eigenvalue weighted by molar-refractivity contribution is 0.686. The molecule has 0 radical (unpaired) electrons. The smallest absolute Gasteiger partial charge is 0.174 e. The van der Waals surface area contributed by atoms with Crippen LogP contribution in [-0.2, 0) is 12.8 Å². The monoisotopic (exact) mass is 450 g/mol. The van der Waals surface area contributed by atoms with Crippen molar-refractivity contribution in [1.29, 1.82) is 0 Å². The van der Waals surface area contributed by atoms with Crippen LogP contribution in [0.3, 0.4) is 0 Å². The molecular formula is C23H20Cl2N6. The number of anilines is 2. The first-order valence-electron chi connectivity index (χ1n) is 10.2. The van der Waals surface area contributed by atoms with E-state index in [-0.39, 0.29) is 0 Å². The van der Waals surface area contributed by atoms with Crippen molar-refractivity contribution < 1.29 is 0 Å².